The number of aryl methyl sites for hydroxylation is 4. The number of nitrogens with zero attached hydrogens (tertiary/aromatic N) is 5. The maximum atomic E-state index is 15.2. The van der Waals surface area contributed by atoms with Crippen molar-refractivity contribution >= 4 is 56.1 Å². The molecule has 65 heavy (non-hydrogen) atoms. The molecule has 0 aliphatic carbocycles. The molecule has 0 atom stereocenters. The zero-order chi connectivity index (χ0) is 47.1. The van der Waals surface area contributed by atoms with Crippen LogP contribution in [0.2, 0.25) is 0 Å². The molecule has 0 unspecified atom stereocenters. The fourth-order valence-electron chi connectivity index (χ4n) is 9.63. The van der Waals surface area contributed by atoms with Gasteiger partial charge in [0.2, 0.25) is 5.91 Å². The molecule has 4 aromatic heterocycles. The van der Waals surface area contributed by atoms with Gasteiger partial charge in [-0.25, -0.2) is 14.8 Å². The fourth-order valence-corrected chi connectivity index (χ4v) is 9.63. The third-order valence-corrected chi connectivity index (χ3v) is 13.5. The van der Waals surface area contributed by atoms with Gasteiger partial charge in [0, 0.05) is 47.9 Å². The molecule has 2 aliphatic rings. The van der Waals surface area contributed by atoms with Gasteiger partial charge in [-0.15, -0.1) is 0 Å². The summed E-state index contributed by atoms with van der Waals surface area (Å²) >= 11 is 0. The Hall–Kier alpha value is -6.03. The molecular weight excluding hydrogens is 805 g/mol. The van der Waals surface area contributed by atoms with Crippen molar-refractivity contribution in [3.05, 3.63) is 127 Å². The molecule has 0 fully saturated rings. The Labute approximate surface area is 385 Å². The van der Waals surface area contributed by atoms with Gasteiger partial charge < -0.3 is 20.6 Å². The molecule has 342 valence electrons. The summed E-state index contributed by atoms with van der Waals surface area (Å²) < 4.78 is 1.52. The van der Waals surface area contributed by atoms with Gasteiger partial charge in [0.15, 0.2) is 0 Å². The summed E-state index contributed by atoms with van der Waals surface area (Å²) in [6.07, 6.45) is 5.95. The highest BCUT2D eigenvalue weighted by Gasteiger charge is 2.28. The van der Waals surface area contributed by atoms with E-state index in [2.05, 4.69) is 147 Å². The molecule has 6 heterocycles. The van der Waals surface area contributed by atoms with Crippen LogP contribution in [0.15, 0.2) is 59.5 Å². The van der Waals surface area contributed by atoms with Crippen molar-refractivity contribution in [2.24, 2.45) is 0 Å². The Kier molecular flexibility index (Phi) is 13.3. The average Bonchev–Trinajstić information content (AvgIpc) is 3.94. The van der Waals surface area contributed by atoms with Gasteiger partial charge >= 0.3 is 5.69 Å². The summed E-state index contributed by atoms with van der Waals surface area (Å²) in [5.41, 5.74) is 25.8. The van der Waals surface area contributed by atoms with E-state index in [0.717, 1.165) is 87.2 Å². The van der Waals surface area contributed by atoms with Crippen molar-refractivity contribution < 1.29 is 4.79 Å². The van der Waals surface area contributed by atoms with E-state index in [0.29, 0.717) is 19.5 Å². The molecule has 2 aliphatic heterocycles. The number of anilines is 1. The molecule has 0 spiro atoms. The molecule has 4 N–H and O–H groups in total. The van der Waals surface area contributed by atoms with Crippen LogP contribution in [-0.4, -0.2) is 46.8 Å². The third-order valence-electron chi connectivity index (χ3n) is 13.5. The largest absolute Gasteiger partial charge is 0.383 e. The highest BCUT2D eigenvalue weighted by Crippen LogP contribution is 2.39. The highest BCUT2D eigenvalue weighted by molar-refractivity contribution is 6.01. The van der Waals surface area contributed by atoms with E-state index in [1.165, 1.54) is 49.1 Å². The van der Waals surface area contributed by atoms with Crippen molar-refractivity contribution in [2.75, 3.05) is 12.3 Å². The number of hydrogen-bond donors (Lipinski definition) is 3. The first kappa shape index (κ1) is 46.9. The van der Waals surface area contributed by atoms with E-state index in [4.69, 9.17) is 15.7 Å². The van der Waals surface area contributed by atoms with Crippen molar-refractivity contribution in [1.29, 1.82) is 0 Å². The lowest BCUT2D eigenvalue weighted by Gasteiger charge is -2.29. The zero-order valence-corrected chi connectivity index (χ0v) is 41.2. The second kappa shape index (κ2) is 18.5. The Morgan fingerprint density at radius 1 is 0.646 bits per heavy atom. The van der Waals surface area contributed by atoms with Gasteiger partial charge in [0.05, 0.1) is 29.2 Å². The van der Waals surface area contributed by atoms with Crippen LogP contribution in [-0.2, 0) is 48.0 Å². The first-order chi connectivity index (χ1) is 30.8. The SMILES string of the molecule is CCC1=C(C)c2cc3[nH]c(cc4[nH]c(cc5nc(cc1n2)C(CC)=C5CC(=O)N(CCn1ccc(N)nc1=O)Cc1cc(C(C)(C)C)cc(C(C)(C)C)c1)c(CC)c4C)c(CC)c3CC. The Bertz CT molecular complexity index is 2930. The van der Waals surface area contributed by atoms with Crippen LogP contribution in [0.25, 0.3) is 44.4 Å². The summed E-state index contributed by atoms with van der Waals surface area (Å²) in [5.74, 6) is 0.125. The molecule has 0 saturated carbocycles. The normalized spacial score (nSPS) is 13.3. The Balaban J connectivity index is 1.43. The maximum Gasteiger partial charge on any atom is 0.349 e. The minimum absolute atomic E-state index is 0.0453. The van der Waals surface area contributed by atoms with E-state index >= 15 is 4.79 Å². The number of amides is 1. The van der Waals surface area contributed by atoms with Crippen molar-refractivity contribution in [2.45, 2.75) is 152 Å². The number of allylic oxidation sites excluding steroid dienone is 3. The lowest BCUT2D eigenvalue weighted by Crippen LogP contribution is -2.36. The number of nitrogens with one attached hydrogen (secondary N) is 2. The number of hydrogen-bond acceptors (Lipinski definition) is 6. The first-order valence-electron chi connectivity index (χ1n) is 23.7. The highest BCUT2D eigenvalue weighted by atomic mass is 16.2. The molecule has 0 saturated heterocycles. The summed E-state index contributed by atoms with van der Waals surface area (Å²) in [6, 6.07) is 17.2. The van der Waals surface area contributed by atoms with Crippen molar-refractivity contribution in [3.8, 4) is 0 Å². The van der Waals surface area contributed by atoms with Crippen molar-refractivity contribution in [3.63, 3.8) is 0 Å². The van der Waals surface area contributed by atoms with Gasteiger partial charge in [0.25, 0.3) is 0 Å². The van der Waals surface area contributed by atoms with Gasteiger partial charge in [-0.05, 0) is 148 Å². The van der Waals surface area contributed by atoms with E-state index in [-0.39, 0.29) is 35.5 Å². The van der Waals surface area contributed by atoms with Gasteiger partial charge in [-0.1, -0.05) is 94.4 Å². The van der Waals surface area contributed by atoms with Crippen LogP contribution in [0, 0.1) is 6.92 Å². The minimum atomic E-state index is -0.440. The lowest BCUT2D eigenvalue weighted by atomic mass is 9.79. The molecule has 0 radical (unpaired) electrons. The number of carbonyl (C=O) groups is 1. The standard InChI is InChI=1S/C55H70N8O2/c1-14-37-32(6)43-27-47-39(16-3)40(17-4)48(59-47)28-44-33(7)38(15-2)46(58-44)30-50-42(41(18-5)49(60-50)29-45(37)57-43)26-52(64)63(22-21-62-20-19-51(56)61-53(62)65)31-34-23-35(54(8,9)10)25-36(24-34)55(11,12)13/h19-20,23-25,27-30,58-59H,14-18,21-22,26,31H2,1-13H3,(H2,56,61,65). The number of aromatic nitrogens is 6. The number of H-pyrrole nitrogens is 2. The Morgan fingerprint density at radius 3 is 1.77 bits per heavy atom. The average molecular weight is 875 g/mol. The molecule has 10 nitrogen and oxygen atoms in total. The zero-order valence-electron chi connectivity index (χ0n) is 41.2. The summed E-state index contributed by atoms with van der Waals surface area (Å²) in [5, 5.41) is 0. The van der Waals surface area contributed by atoms with Gasteiger partial charge in [-0.2, -0.15) is 4.98 Å². The minimum Gasteiger partial charge on any atom is -0.383 e. The predicted molar refractivity (Wildman–Crippen MR) is 271 cm³/mol. The molecular formula is C55H70N8O2. The van der Waals surface area contributed by atoms with Crippen LogP contribution in [0.5, 0.6) is 0 Å². The molecule has 10 heteroatoms. The van der Waals surface area contributed by atoms with Crippen LogP contribution in [0.4, 0.5) is 5.82 Å². The first-order valence-corrected chi connectivity index (χ1v) is 23.7. The second-order valence-electron chi connectivity index (χ2n) is 19.9. The Morgan fingerprint density at radius 2 is 1.18 bits per heavy atom. The summed E-state index contributed by atoms with van der Waals surface area (Å²) in [6.45, 7) is 29.6. The number of carbonyl (C=O) groups excluding carboxylic acids is 1. The van der Waals surface area contributed by atoms with Gasteiger partial charge in [0.1, 0.15) is 5.82 Å². The smallest absolute Gasteiger partial charge is 0.349 e. The molecule has 8 bridgehead atoms. The number of nitrogen functional groups attached to an aromatic ring is 1. The van der Waals surface area contributed by atoms with E-state index < -0.39 is 5.69 Å². The monoisotopic (exact) mass is 875 g/mol. The van der Waals surface area contributed by atoms with Gasteiger partial charge in [-0.3, -0.25) is 9.36 Å². The second-order valence-corrected chi connectivity index (χ2v) is 19.9. The molecule has 1 aromatic carbocycles. The summed E-state index contributed by atoms with van der Waals surface area (Å²) in [4.78, 5) is 52.4. The molecule has 5 aromatic rings. The molecule has 7 rings (SSSR count). The van der Waals surface area contributed by atoms with E-state index in [9.17, 15) is 4.79 Å². The topological polar surface area (TPSA) is 139 Å². The lowest BCUT2D eigenvalue weighted by molar-refractivity contribution is -0.130. The number of rotatable bonds is 12. The third kappa shape index (κ3) is 9.54. The maximum absolute atomic E-state index is 15.2. The van der Waals surface area contributed by atoms with Crippen LogP contribution in [0.3, 0.4) is 0 Å². The quantitative estimate of drug-likeness (QED) is 0.114. The number of nitrogens with two attached hydrogens (primary N) is 1. The predicted octanol–water partition coefficient (Wildman–Crippen LogP) is 11.8. The number of benzene rings is 1. The van der Waals surface area contributed by atoms with Crippen molar-refractivity contribution in [1.82, 2.24) is 34.4 Å². The van der Waals surface area contributed by atoms with Crippen LogP contribution in [0.1, 0.15) is 164 Å². The molecule has 1 amide bonds. The number of aromatic amines is 2. The van der Waals surface area contributed by atoms with Crippen LogP contribution >= 0.6 is 0 Å². The van der Waals surface area contributed by atoms with E-state index in [1.807, 2.05) is 4.90 Å². The summed E-state index contributed by atoms with van der Waals surface area (Å²) in [7, 11) is 0. The number of fused-ring (bicyclic) bond motifs is 8. The van der Waals surface area contributed by atoms with E-state index in [1.54, 1.807) is 12.3 Å². The fraction of sp³-hybridized carbons (Fsp3) is 0.436. The van der Waals surface area contributed by atoms with Crippen LogP contribution < -0.4 is 11.4 Å².